The number of nitrogen functional groups attached to an aromatic ring is 1. The molecule has 2 aromatic heterocycles. The lowest BCUT2D eigenvalue weighted by atomic mass is 10.0. The monoisotopic (exact) mass is 494 g/mol. The number of carbonyl (C=O) groups excluding carboxylic acids is 1. The van der Waals surface area contributed by atoms with Crippen molar-refractivity contribution in [2.24, 2.45) is 7.05 Å². The van der Waals surface area contributed by atoms with Gasteiger partial charge in [-0.05, 0) is 54.6 Å². The second-order valence-electron chi connectivity index (χ2n) is 8.94. The van der Waals surface area contributed by atoms with E-state index in [9.17, 15) is 4.79 Å². The fourth-order valence-corrected chi connectivity index (χ4v) is 4.52. The molecular weight excluding hydrogens is 467 g/mol. The fourth-order valence-electron chi connectivity index (χ4n) is 4.52. The van der Waals surface area contributed by atoms with Gasteiger partial charge in [0.1, 0.15) is 17.7 Å². The van der Waals surface area contributed by atoms with Crippen LogP contribution in [0, 0.1) is 5.82 Å². The molecule has 0 saturated carbocycles. The second kappa shape index (κ2) is 9.81. The molecule has 7 nitrogen and oxygen atoms in total. The van der Waals surface area contributed by atoms with Gasteiger partial charge in [0.05, 0.1) is 0 Å². The number of nitrogens with one attached hydrogen (secondary N) is 1. The Labute approximate surface area is 214 Å². The number of hydrogen-bond acceptors (Lipinski definition) is 6. The van der Waals surface area contributed by atoms with Crippen LogP contribution >= 0.6 is 0 Å². The lowest BCUT2D eigenvalue weighted by Gasteiger charge is -2.21. The maximum absolute atomic E-state index is 15.3. The van der Waals surface area contributed by atoms with E-state index < -0.39 is 6.04 Å². The summed E-state index contributed by atoms with van der Waals surface area (Å²) in [4.78, 5) is 21.2. The number of Topliss-reactive ketones (excluding diaryl/α,β-unsaturated/α-hetero) is 1. The van der Waals surface area contributed by atoms with Crippen molar-refractivity contribution in [1.82, 2.24) is 19.7 Å². The minimum absolute atomic E-state index is 0.0779. The van der Waals surface area contributed by atoms with Gasteiger partial charge in [-0.1, -0.05) is 43.3 Å². The average Bonchev–Trinajstić information content (AvgIpc) is 3.29. The molecule has 3 N–H and O–H groups in total. The number of rotatable bonds is 7. The lowest BCUT2D eigenvalue weighted by Crippen LogP contribution is -2.19. The lowest BCUT2D eigenvalue weighted by molar-refractivity contribution is 0.101. The van der Waals surface area contributed by atoms with Gasteiger partial charge < -0.3 is 11.1 Å². The van der Waals surface area contributed by atoms with E-state index in [1.54, 1.807) is 30.1 Å². The van der Waals surface area contributed by atoms with Crippen LogP contribution in [0.3, 0.4) is 0 Å². The number of hydrogen-bond donors (Lipinski definition) is 2. The third kappa shape index (κ3) is 4.65. The topological polar surface area (TPSA) is 98.7 Å². The van der Waals surface area contributed by atoms with Crippen LogP contribution in [0.15, 0.2) is 72.9 Å². The van der Waals surface area contributed by atoms with Crippen molar-refractivity contribution in [3.8, 4) is 11.4 Å². The van der Waals surface area contributed by atoms with Crippen molar-refractivity contribution >= 4 is 28.1 Å². The molecule has 0 spiro atoms. The summed E-state index contributed by atoms with van der Waals surface area (Å²) >= 11 is 0. The maximum Gasteiger partial charge on any atom is 0.182 e. The van der Waals surface area contributed by atoms with Crippen molar-refractivity contribution in [3.05, 3.63) is 101 Å². The number of fused-ring (bicyclic) bond motifs is 1. The molecule has 0 radical (unpaired) electrons. The molecule has 37 heavy (non-hydrogen) atoms. The summed E-state index contributed by atoms with van der Waals surface area (Å²) in [5.41, 5.74) is 9.41. The fraction of sp³-hybridized carbons (Fsp3) is 0.172. The van der Waals surface area contributed by atoms with Gasteiger partial charge in [0, 0.05) is 41.0 Å². The highest BCUT2D eigenvalue weighted by molar-refractivity contribution is 6.00. The first kappa shape index (κ1) is 24.1. The van der Waals surface area contributed by atoms with E-state index in [1.165, 1.54) is 13.0 Å². The van der Waals surface area contributed by atoms with Crippen molar-refractivity contribution < 1.29 is 9.18 Å². The average molecular weight is 495 g/mol. The number of anilines is 2. The number of nitrogens with two attached hydrogens (primary N) is 1. The third-order valence-corrected chi connectivity index (χ3v) is 6.49. The van der Waals surface area contributed by atoms with Gasteiger partial charge in [-0.2, -0.15) is 5.10 Å². The molecule has 8 heteroatoms. The van der Waals surface area contributed by atoms with Crippen LogP contribution in [-0.4, -0.2) is 25.5 Å². The van der Waals surface area contributed by atoms with Crippen molar-refractivity contribution in [3.63, 3.8) is 0 Å². The van der Waals surface area contributed by atoms with Crippen LogP contribution in [0.1, 0.15) is 47.2 Å². The smallest absolute Gasteiger partial charge is 0.182 e. The zero-order chi connectivity index (χ0) is 26.1. The van der Waals surface area contributed by atoms with Crippen LogP contribution in [-0.2, 0) is 13.5 Å². The second-order valence-corrected chi connectivity index (χ2v) is 8.94. The molecule has 1 atom stereocenters. The first-order chi connectivity index (χ1) is 17.9. The van der Waals surface area contributed by atoms with E-state index in [2.05, 4.69) is 15.4 Å². The van der Waals surface area contributed by atoms with Gasteiger partial charge in [0.15, 0.2) is 17.4 Å². The van der Waals surface area contributed by atoms with Crippen molar-refractivity contribution in [2.45, 2.75) is 26.3 Å². The van der Waals surface area contributed by atoms with Gasteiger partial charge in [-0.3, -0.25) is 9.48 Å². The Morgan fingerprint density at radius 3 is 2.70 bits per heavy atom. The Kier molecular flexibility index (Phi) is 6.40. The summed E-state index contributed by atoms with van der Waals surface area (Å²) < 4.78 is 16.9. The quantitative estimate of drug-likeness (QED) is 0.281. The normalized spacial score (nSPS) is 12.0. The maximum atomic E-state index is 15.3. The standard InChI is InChI=1S/C29H27FN6O/c1-4-18-9-12-25(30)24(15-18)26(33-20-10-11-22-19(16-20)13-14-32-27(22)31)29-34-28(35-36(29)3)23-8-6-5-7-21(23)17(2)37/h5-16,26,33H,4H2,1-3H3,(H2,31,32). The summed E-state index contributed by atoms with van der Waals surface area (Å²) in [6.45, 7) is 3.54. The third-order valence-electron chi connectivity index (χ3n) is 6.49. The summed E-state index contributed by atoms with van der Waals surface area (Å²) in [7, 11) is 1.77. The molecule has 1 unspecified atom stereocenters. The molecular formula is C29H27FN6O. The molecule has 3 aromatic carbocycles. The number of nitrogens with zero attached hydrogens (tertiary/aromatic N) is 4. The first-order valence-corrected chi connectivity index (χ1v) is 12.1. The molecule has 0 aliphatic rings. The molecule has 0 saturated heterocycles. The van der Waals surface area contributed by atoms with Crippen molar-refractivity contribution in [2.75, 3.05) is 11.1 Å². The Morgan fingerprint density at radius 1 is 1.11 bits per heavy atom. The highest BCUT2D eigenvalue weighted by atomic mass is 19.1. The van der Waals surface area contributed by atoms with Gasteiger partial charge in [-0.15, -0.1) is 0 Å². The van der Waals surface area contributed by atoms with E-state index >= 15 is 4.39 Å². The van der Waals surface area contributed by atoms with Gasteiger partial charge in [-0.25, -0.2) is 14.4 Å². The predicted molar refractivity (Wildman–Crippen MR) is 144 cm³/mol. The molecule has 0 bridgehead atoms. The number of carbonyl (C=O) groups is 1. The molecule has 0 amide bonds. The van der Waals surface area contributed by atoms with Crippen LogP contribution in [0.4, 0.5) is 15.9 Å². The number of aryl methyl sites for hydroxylation is 2. The number of pyridine rings is 1. The zero-order valence-corrected chi connectivity index (χ0v) is 20.9. The first-order valence-electron chi connectivity index (χ1n) is 12.1. The molecule has 2 heterocycles. The Bertz CT molecular complexity index is 1630. The van der Waals surface area contributed by atoms with Gasteiger partial charge >= 0.3 is 0 Å². The molecule has 5 rings (SSSR count). The number of benzene rings is 3. The Balaban J connectivity index is 1.65. The van der Waals surface area contributed by atoms with E-state index in [0.29, 0.717) is 34.2 Å². The Morgan fingerprint density at radius 2 is 1.92 bits per heavy atom. The molecule has 0 aliphatic heterocycles. The number of aromatic nitrogens is 4. The summed E-state index contributed by atoms with van der Waals surface area (Å²) in [6, 6.07) is 19.3. The molecule has 5 aromatic rings. The van der Waals surface area contributed by atoms with Crippen LogP contribution < -0.4 is 11.1 Å². The largest absolute Gasteiger partial charge is 0.383 e. The highest BCUT2D eigenvalue weighted by Gasteiger charge is 2.26. The number of halogens is 1. The minimum atomic E-state index is -0.654. The van der Waals surface area contributed by atoms with Gasteiger partial charge in [0.2, 0.25) is 0 Å². The molecule has 186 valence electrons. The Hall–Kier alpha value is -4.59. The summed E-state index contributed by atoms with van der Waals surface area (Å²) in [6.07, 6.45) is 2.42. The minimum Gasteiger partial charge on any atom is -0.383 e. The zero-order valence-electron chi connectivity index (χ0n) is 20.9. The number of ketones is 1. The van der Waals surface area contributed by atoms with Gasteiger partial charge in [0.25, 0.3) is 0 Å². The molecule has 0 aliphatic carbocycles. The summed E-state index contributed by atoms with van der Waals surface area (Å²) in [5, 5.41) is 9.83. The van der Waals surface area contributed by atoms with Crippen LogP contribution in [0.2, 0.25) is 0 Å². The molecule has 0 fully saturated rings. The summed E-state index contributed by atoms with van der Waals surface area (Å²) in [5.74, 6) is 0.933. The van der Waals surface area contributed by atoms with E-state index in [4.69, 9.17) is 10.7 Å². The highest BCUT2D eigenvalue weighted by Crippen LogP contribution is 2.32. The SMILES string of the molecule is CCc1ccc(F)c(C(Nc2ccc3c(N)nccc3c2)c2nc(-c3ccccc3C(C)=O)nn2C)c1. The van der Waals surface area contributed by atoms with Crippen molar-refractivity contribution in [1.29, 1.82) is 0 Å². The predicted octanol–water partition coefficient (Wildman–Crippen LogP) is 5.72. The van der Waals surface area contributed by atoms with Crippen LogP contribution in [0.5, 0.6) is 0 Å². The van der Waals surface area contributed by atoms with Crippen LogP contribution in [0.25, 0.3) is 22.2 Å². The van der Waals surface area contributed by atoms with E-state index in [1.807, 2.05) is 55.5 Å². The van der Waals surface area contributed by atoms with E-state index in [-0.39, 0.29) is 11.6 Å². The van der Waals surface area contributed by atoms with E-state index in [0.717, 1.165) is 28.4 Å².